The molecule has 0 aliphatic heterocycles. The monoisotopic (exact) mass is 806 g/mol. The SMILES string of the molecule is CCCCCCCCCCCCCCC/C=C/C(O)C(CO)NC(=O)CCCCCCCCCCCCCOC(=O)CCCCCCCCCCCCCCCC. The molecule has 2 atom stereocenters. The lowest BCUT2D eigenvalue weighted by molar-refractivity contribution is -0.143. The number of rotatable bonds is 47. The molecule has 0 aromatic carbocycles. The molecule has 57 heavy (non-hydrogen) atoms. The maximum Gasteiger partial charge on any atom is 0.305 e. The van der Waals surface area contributed by atoms with Crippen molar-refractivity contribution < 1.29 is 24.5 Å². The van der Waals surface area contributed by atoms with Gasteiger partial charge < -0.3 is 20.3 Å². The highest BCUT2D eigenvalue weighted by Crippen LogP contribution is 2.16. The van der Waals surface area contributed by atoms with E-state index in [0.717, 1.165) is 57.8 Å². The molecular formula is C51H99NO5. The van der Waals surface area contributed by atoms with Crippen LogP contribution in [0, 0.1) is 0 Å². The van der Waals surface area contributed by atoms with Crippen LogP contribution in [0.4, 0.5) is 0 Å². The normalized spacial score (nSPS) is 12.7. The van der Waals surface area contributed by atoms with Crippen LogP contribution in [0.2, 0.25) is 0 Å². The fourth-order valence-corrected chi connectivity index (χ4v) is 7.87. The zero-order valence-electron chi connectivity index (χ0n) is 38.3. The fourth-order valence-electron chi connectivity index (χ4n) is 7.87. The minimum Gasteiger partial charge on any atom is -0.466 e. The maximum absolute atomic E-state index is 12.4. The van der Waals surface area contributed by atoms with E-state index in [1.54, 1.807) is 6.08 Å². The lowest BCUT2D eigenvalue weighted by Gasteiger charge is -2.20. The van der Waals surface area contributed by atoms with Crippen molar-refractivity contribution in [2.75, 3.05) is 13.2 Å². The average molecular weight is 806 g/mol. The minimum atomic E-state index is -0.855. The summed E-state index contributed by atoms with van der Waals surface area (Å²) in [4.78, 5) is 24.4. The molecule has 0 rings (SSSR count). The van der Waals surface area contributed by atoms with E-state index < -0.39 is 12.1 Å². The number of carbonyl (C=O) groups excluding carboxylic acids is 2. The standard InChI is InChI=1S/C51H99NO5/c1-3-5-7-9-11-13-15-17-19-20-23-27-31-35-39-43-49(54)48(47-53)52-50(55)44-40-36-32-28-24-22-26-30-34-38-42-46-57-51(56)45-41-37-33-29-25-21-18-16-14-12-10-8-6-4-2/h39,43,48-49,53-54H,3-38,40-42,44-47H2,1-2H3,(H,52,55)/b43-39+. The van der Waals surface area contributed by atoms with Gasteiger partial charge in [0.25, 0.3) is 0 Å². The van der Waals surface area contributed by atoms with E-state index in [2.05, 4.69) is 19.2 Å². The molecule has 0 bridgehead atoms. The smallest absolute Gasteiger partial charge is 0.305 e. The van der Waals surface area contributed by atoms with Crippen LogP contribution in [0.15, 0.2) is 12.2 Å². The Kier molecular flexibility index (Phi) is 46.1. The number of hydrogen-bond donors (Lipinski definition) is 3. The van der Waals surface area contributed by atoms with Gasteiger partial charge in [-0.25, -0.2) is 0 Å². The third kappa shape index (κ3) is 44.0. The summed E-state index contributed by atoms with van der Waals surface area (Å²) in [6.45, 7) is 4.87. The van der Waals surface area contributed by atoms with Gasteiger partial charge >= 0.3 is 5.97 Å². The fraction of sp³-hybridized carbons (Fsp3) is 0.922. The maximum atomic E-state index is 12.4. The molecule has 1 amide bonds. The van der Waals surface area contributed by atoms with Gasteiger partial charge in [0.15, 0.2) is 0 Å². The zero-order chi connectivity index (χ0) is 41.5. The topological polar surface area (TPSA) is 95.9 Å². The summed E-state index contributed by atoms with van der Waals surface area (Å²) in [5.74, 6) is -0.0985. The van der Waals surface area contributed by atoms with E-state index in [9.17, 15) is 19.8 Å². The van der Waals surface area contributed by atoms with Crippen LogP contribution in [-0.4, -0.2) is 47.4 Å². The average Bonchev–Trinajstić information content (AvgIpc) is 3.21. The summed E-state index contributed by atoms with van der Waals surface area (Å²) < 4.78 is 5.46. The van der Waals surface area contributed by atoms with Gasteiger partial charge in [-0.05, 0) is 32.1 Å². The van der Waals surface area contributed by atoms with Crippen LogP contribution in [0.25, 0.3) is 0 Å². The number of unbranched alkanes of at least 4 members (excludes halogenated alkanes) is 36. The molecular weight excluding hydrogens is 707 g/mol. The lowest BCUT2D eigenvalue weighted by atomic mass is 10.0. The number of hydrogen-bond acceptors (Lipinski definition) is 5. The van der Waals surface area contributed by atoms with Gasteiger partial charge in [0.05, 0.1) is 25.4 Å². The minimum absolute atomic E-state index is 0.0131. The number of amides is 1. The van der Waals surface area contributed by atoms with Crippen molar-refractivity contribution in [3.63, 3.8) is 0 Å². The lowest BCUT2D eigenvalue weighted by Crippen LogP contribution is -2.45. The zero-order valence-corrected chi connectivity index (χ0v) is 38.3. The van der Waals surface area contributed by atoms with E-state index in [1.165, 1.54) is 193 Å². The molecule has 0 fully saturated rings. The summed E-state index contributed by atoms with van der Waals surface area (Å²) in [5, 5.41) is 23.0. The highest BCUT2D eigenvalue weighted by atomic mass is 16.5. The molecule has 3 N–H and O–H groups in total. The van der Waals surface area contributed by atoms with Crippen molar-refractivity contribution in [3.05, 3.63) is 12.2 Å². The molecule has 6 nitrogen and oxygen atoms in total. The Hall–Kier alpha value is -1.40. The second-order valence-electron chi connectivity index (χ2n) is 17.5. The predicted molar refractivity (Wildman–Crippen MR) is 246 cm³/mol. The Morgan fingerprint density at radius 3 is 1.19 bits per heavy atom. The first-order valence-electron chi connectivity index (χ1n) is 25.5. The predicted octanol–water partition coefficient (Wildman–Crippen LogP) is 15.0. The van der Waals surface area contributed by atoms with Crippen LogP contribution in [-0.2, 0) is 14.3 Å². The number of ether oxygens (including phenoxy) is 1. The summed E-state index contributed by atoms with van der Waals surface area (Å²) in [5.41, 5.74) is 0. The first kappa shape index (κ1) is 55.6. The van der Waals surface area contributed by atoms with Gasteiger partial charge in [-0.2, -0.15) is 0 Å². The molecule has 0 radical (unpaired) electrons. The number of nitrogens with one attached hydrogen (secondary N) is 1. The van der Waals surface area contributed by atoms with Gasteiger partial charge in [-0.1, -0.05) is 244 Å². The van der Waals surface area contributed by atoms with E-state index in [0.29, 0.717) is 19.4 Å². The second kappa shape index (κ2) is 47.3. The molecule has 0 spiro atoms. The third-order valence-corrected chi connectivity index (χ3v) is 11.8. The first-order valence-corrected chi connectivity index (χ1v) is 25.5. The summed E-state index contributed by atoms with van der Waals surface area (Å²) in [6, 6.07) is -0.640. The van der Waals surface area contributed by atoms with Crippen molar-refractivity contribution in [2.45, 2.75) is 289 Å². The van der Waals surface area contributed by atoms with Crippen molar-refractivity contribution in [3.8, 4) is 0 Å². The summed E-state index contributed by atoms with van der Waals surface area (Å²) in [6.07, 6.45) is 53.4. The van der Waals surface area contributed by atoms with Gasteiger partial charge in [-0.15, -0.1) is 0 Å². The van der Waals surface area contributed by atoms with E-state index in [1.807, 2.05) is 6.08 Å². The van der Waals surface area contributed by atoms with Crippen molar-refractivity contribution in [1.29, 1.82) is 0 Å². The van der Waals surface area contributed by atoms with Gasteiger partial charge in [0.2, 0.25) is 5.91 Å². The van der Waals surface area contributed by atoms with Crippen LogP contribution in [0.3, 0.4) is 0 Å². The quantitative estimate of drug-likeness (QED) is 0.0323. The number of esters is 1. The molecule has 338 valence electrons. The summed E-state index contributed by atoms with van der Waals surface area (Å²) >= 11 is 0. The highest BCUT2D eigenvalue weighted by Gasteiger charge is 2.18. The number of aliphatic hydroxyl groups is 2. The number of aliphatic hydroxyl groups excluding tert-OH is 2. The number of carbonyl (C=O) groups is 2. The van der Waals surface area contributed by atoms with Gasteiger partial charge in [0.1, 0.15) is 0 Å². The molecule has 2 unspecified atom stereocenters. The van der Waals surface area contributed by atoms with E-state index in [-0.39, 0.29) is 18.5 Å². The van der Waals surface area contributed by atoms with Gasteiger partial charge in [-0.3, -0.25) is 9.59 Å². The Bertz CT molecular complexity index is 847. The summed E-state index contributed by atoms with van der Waals surface area (Å²) in [7, 11) is 0. The van der Waals surface area contributed by atoms with Crippen molar-refractivity contribution in [2.24, 2.45) is 0 Å². The van der Waals surface area contributed by atoms with Crippen LogP contribution in [0.1, 0.15) is 277 Å². The first-order chi connectivity index (χ1) is 28.0. The third-order valence-electron chi connectivity index (χ3n) is 11.8. The molecule has 0 heterocycles. The number of allylic oxidation sites excluding steroid dienone is 1. The molecule has 0 aliphatic carbocycles. The molecule has 0 aliphatic rings. The Morgan fingerprint density at radius 2 is 0.807 bits per heavy atom. The Labute approximate surface area is 355 Å². The second-order valence-corrected chi connectivity index (χ2v) is 17.5. The molecule has 0 saturated heterocycles. The Morgan fingerprint density at radius 1 is 0.474 bits per heavy atom. The van der Waals surface area contributed by atoms with Crippen LogP contribution in [0.5, 0.6) is 0 Å². The van der Waals surface area contributed by atoms with Crippen LogP contribution < -0.4 is 5.32 Å². The highest BCUT2D eigenvalue weighted by molar-refractivity contribution is 5.76. The van der Waals surface area contributed by atoms with E-state index in [4.69, 9.17) is 4.74 Å². The van der Waals surface area contributed by atoms with Crippen molar-refractivity contribution >= 4 is 11.9 Å². The van der Waals surface area contributed by atoms with Crippen LogP contribution >= 0.6 is 0 Å². The molecule has 0 aromatic rings. The molecule has 0 saturated carbocycles. The van der Waals surface area contributed by atoms with Crippen molar-refractivity contribution in [1.82, 2.24) is 5.32 Å². The molecule has 6 heteroatoms. The van der Waals surface area contributed by atoms with Gasteiger partial charge in [0, 0.05) is 12.8 Å². The Balaban J connectivity index is 3.49. The largest absolute Gasteiger partial charge is 0.466 e. The molecule has 0 aromatic heterocycles. The van der Waals surface area contributed by atoms with E-state index >= 15 is 0 Å².